The van der Waals surface area contributed by atoms with Gasteiger partial charge in [-0.15, -0.1) is 0 Å². The fourth-order valence-corrected chi connectivity index (χ4v) is 1.70. The summed E-state index contributed by atoms with van der Waals surface area (Å²) in [4.78, 5) is 13.8. The van der Waals surface area contributed by atoms with Crippen molar-refractivity contribution >= 4 is 5.91 Å². The third-order valence-electron chi connectivity index (χ3n) is 2.69. The quantitative estimate of drug-likeness (QED) is 0.840. The average molecular weight is 253 g/mol. The van der Waals surface area contributed by atoms with E-state index in [9.17, 15) is 9.90 Å². The van der Waals surface area contributed by atoms with Crippen LogP contribution in [-0.4, -0.2) is 44.8 Å². The first-order valence-electron chi connectivity index (χ1n) is 6.31. The minimum atomic E-state index is -0.900. The molecule has 0 aliphatic rings. The zero-order chi connectivity index (χ0) is 13.9. The number of rotatable bonds is 5. The number of amides is 1. The van der Waals surface area contributed by atoms with E-state index in [0.717, 1.165) is 5.69 Å². The minimum absolute atomic E-state index is 0.150. The molecular weight excluding hydrogens is 230 g/mol. The third kappa shape index (κ3) is 3.84. The van der Waals surface area contributed by atoms with Crippen LogP contribution < -0.4 is 0 Å². The number of nitrogens with one attached hydrogen (secondary N) is 1. The minimum Gasteiger partial charge on any atom is -0.389 e. The van der Waals surface area contributed by atoms with Crippen molar-refractivity contribution in [1.82, 2.24) is 15.1 Å². The highest BCUT2D eigenvalue weighted by Gasteiger charge is 2.24. The molecule has 0 aliphatic carbocycles. The lowest BCUT2D eigenvalue weighted by Crippen LogP contribution is -2.42. The van der Waals surface area contributed by atoms with E-state index in [-0.39, 0.29) is 5.91 Å². The summed E-state index contributed by atoms with van der Waals surface area (Å²) in [6.07, 6.45) is 0. The lowest BCUT2D eigenvalue weighted by molar-refractivity contribution is 0.0311. The summed E-state index contributed by atoms with van der Waals surface area (Å²) in [5.41, 5.74) is 0.450. The number of aromatic amines is 1. The van der Waals surface area contributed by atoms with Crippen LogP contribution in [0.3, 0.4) is 0 Å². The lowest BCUT2D eigenvalue weighted by Gasteiger charge is -2.27. The van der Waals surface area contributed by atoms with Gasteiger partial charge in [-0.05, 0) is 32.8 Å². The highest BCUT2D eigenvalue weighted by atomic mass is 16.3. The van der Waals surface area contributed by atoms with Crippen LogP contribution in [0.25, 0.3) is 0 Å². The van der Waals surface area contributed by atoms with Crippen LogP contribution in [0.2, 0.25) is 0 Å². The Bertz CT molecular complexity index is 405. The monoisotopic (exact) mass is 253 g/mol. The second-order valence-corrected chi connectivity index (χ2v) is 5.49. The molecule has 0 saturated carbocycles. The van der Waals surface area contributed by atoms with Gasteiger partial charge in [-0.1, -0.05) is 13.8 Å². The first kappa shape index (κ1) is 14.7. The molecule has 102 valence electrons. The first-order valence-corrected chi connectivity index (χ1v) is 6.31. The molecule has 18 heavy (non-hydrogen) atoms. The van der Waals surface area contributed by atoms with Gasteiger partial charge in [0.15, 0.2) is 0 Å². The predicted octanol–water partition coefficient (Wildman–Crippen LogP) is 1.77. The van der Waals surface area contributed by atoms with Crippen LogP contribution in [0, 0.1) is 0 Å². The molecule has 5 nitrogen and oxygen atoms in total. The number of hydrogen-bond donors (Lipinski definition) is 2. The van der Waals surface area contributed by atoms with Gasteiger partial charge in [0.05, 0.1) is 5.60 Å². The summed E-state index contributed by atoms with van der Waals surface area (Å²) in [6, 6.07) is 1.78. The zero-order valence-electron chi connectivity index (χ0n) is 11.8. The van der Waals surface area contributed by atoms with E-state index < -0.39 is 5.60 Å². The van der Waals surface area contributed by atoms with Crippen LogP contribution in [0.5, 0.6) is 0 Å². The Labute approximate surface area is 108 Å². The number of aliphatic hydroxyl groups is 1. The first-order chi connectivity index (χ1) is 8.24. The van der Waals surface area contributed by atoms with E-state index in [2.05, 4.69) is 10.2 Å². The Morgan fingerprint density at radius 2 is 2.17 bits per heavy atom. The maximum Gasteiger partial charge on any atom is 0.274 e. The molecule has 1 heterocycles. The molecule has 2 N–H and O–H groups in total. The highest BCUT2D eigenvalue weighted by Crippen LogP contribution is 2.14. The molecule has 0 aromatic carbocycles. The van der Waals surface area contributed by atoms with Gasteiger partial charge in [0.1, 0.15) is 5.69 Å². The van der Waals surface area contributed by atoms with Gasteiger partial charge < -0.3 is 10.0 Å². The molecular formula is C13H23N3O2. The van der Waals surface area contributed by atoms with Crippen LogP contribution in [0.4, 0.5) is 0 Å². The van der Waals surface area contributed by atoms with Crippen molar-refractivity contribution in [3.63, 3.8) is 0 Å². The Kier molecular flexibility index (Phi) is 4.51. The molecule has 0 radical (unpaired) electrons. The van der Waals surface area contributed by atoms with E-state index in [4.69, 9.17) is 0 Å². The molecule has 0 bridgehead atoms. The van der Waals surface area contributed by atoms with Crippen molar-refractivity contribution in [1.29, 1.82) is 0 Å². The number of aromatic nitrogens is 2. The molecule has 1 aromatic rings. The largest absolute Gasteiger partial charge is 0.389 e. The van der Waals surface area contributed by atoms with Gasteiger partial charge in [-0.2, -0.15) is 5.10 Å². The SMILES string of the molecule is CCN(CC(C)(C)O)C(=O)c1cc(C(C)C)[nH]n1. The predicted molar refractivity (Wildman–Crippen MR) is 70.6 cm³/mol. The fraction of sp³-hybridized carbons (Fsp3) is 0.692. The fourth-order valence-electron chi connectivity index (χ4n) is 1.70. The van der Waals surface area contributed by atoms with Crippen molar-refractivity contribution in [3.8, 4) is 0 Å². The number of likely N-dealkylation sites (N-methyl/N-ethyl adjacent to an activating group) is 1. The van der Waals surface area contributed by atoms with E-state index in [1.165, 1.54) is 0 Å². The molecule has 0 atom stereocenters. The molecule has 0 fully saturated rings. The third-order valence-corrected chi connectivity index (χ3v) is 2.69. The van der Waals surface area contributed by atoms with Crippen LogP contribution in [0.15, 0.2) is 6.07 Å². The summed E-state index contributed by atoms with van der Waals surface area (Å²) in [6.45, 7) is 10.2. The Balaban J connectivity index is 2.83. The maximum absolute atomic E-state index is 12.2. The van der Waals surface area contributed by atoms with Gasteiger partial charge in [-0.3, -0.25) is 9.89 Å². The summed E-state index contributed by atoms with van der Waals surface area (Å²) >= 11 is 0. The van der Waals surface area contributed by atoms with Crippen molar-refractivity contribution in [3.05, 3.63) is 17.5 Å². The highest BCUT2D eigenvalue weighted by molar-refractivity contribution is 5.92. The molecule has 1 amide bonds. The number of carbonyl (C=O) groups is 1. The molecule has 0 saturated heterocycles. The smallest absolute Gasteiger partial charge is 0.274 e. The zero-order valence-corrected chi connectivity index (χ0v) is 11.8. The number of carbonyl (C=O) groups excluding carboxylic acids is 1. The summed E-state index contributed by atoms with van der Waals surface area (Å²) in [5.74, 6) is 0.159. The van der Waals surface area contributed by atoms with Gasteiger partial charge in [0, 0.05) is 18.8 Å². The van der Waals surface area contributed by atoms with E-state index in [0.29, 0.717) is 24.7 Å². The standard InChI is InChI=1S/C13H23N3O2/c1-6-16(8-13(4,5)18)12(17)11-7-10(9(2)3)14-15-11/h7,9,18H,6,8H2,1-5H3,(H,14,15). The van der Waals surface area contributed by atoms with Crippen LogP contribution in [-0.2, 0) is 0 Å². The van der Waals surface area contributed by atoms with Crippen LogP contribution >= 0.6 is 0 Å². The Morgan fingerprint density at radius 3 is 2.56 bits per heavy atom. The molecule has 1 aromatic heterocycles. The van der Waals surface area contributed by atoms with Crippen molar-refractivity contribution in [2.45, 2.75) is 46.1 Å². The van der Waals surface area contributed by atoms with Crippen molar-refractivity contribution in [2.24, 2.45) is 0 Å². The van der Waals surface area contributed by atoms with Gasteiger partial charge in [0.2, 0.25) is 0 Å². The molecule has 0 unspecified atom stereocenters. The lowest BCUT2D eigenvalue weighted by atomic mass is 10.1. The van der Waals surface area contributed by atoms with Crippen molar-refractivity contribution in [2.75, 3.05) is 13.1 Å². The normalized spacial score (nSPS) is 11.9. The topological polar surface area (TPSA) is 69.2 Å². The van der Waals surface area contributed by atoms with Crippen molar-refractivity contribution < 1.29 is 9.90 Å². The Hall–Kier alpha value is -1.36. The van der Waals surface area contributed by atoms with Gasteiger partial charge in [-0.25, -0.2) is 0 Å². The summed E-state index contributed by atoms with van der Waals surface area (Å²) < 4.78 is 0. The number of H-pyrrole nitrogens is 1. The van der Waals surface area contributed by atoms with E-state index in [1.807, 2.05) is 20.8 Å². The molecule has 1 rings (SSSR count). The average Bonchev–Trinajstić information content (AvgIpc) is 2.72. The second-order valence-electron chi connectivity index (χ2n) is 5.49. The molecule has 0 spiro atoms. The van der Waals surface area contributed by atoms with E-state index >= 15 is 0 Å². The Morgan fingerprint density at radius 1 is 1.56 bits per heavy atom. The maximum atomic E-state index is 12.2. The van der Waals surface area contributed by atoms with Gasteiger partial charge in [0.25, 0.3) is 5.91 Å². The molecule has 0 aliphatic heterocycles. The molecule has 5 heteroatoms. The van der Waals surface area contributed by atoms with Gasteiger partial charge >= 0.3 is 0 Å². The summed E-state index contributed by atoms with van der Waals surface area (Å²) in [7, 11) is 0. The van der Waals surface area contributed by atoms with Crippen LogP contribution in [0.1, 0.15) is 56.7 Å². The second kappa shape index (κ2) is 5.52. The number of hydrogen-bond acceptors (Lipinski definition) is 3. The number of nitrogens with zero attached hydrogens (tertiary/aromatic N) is 2. The van der Waals surface area contributed by atoms with E-state index in [1.54, 1.807) is 24.8 Å². The summed E-state index contributed by atoms with van der Waals surface area (Å²) in [5, 5.41) is 16.7.